The number of hydrogen-bond donors (Lipinski definition) is 1. The highest BCUT2D eigenvalue weighted by atomic mass is 35.5. The number of aromatic nitrogens is 4. The third kappa shape index (κ3) is 4.52. The van der Waals surface area contributed by atoms with E-state index in [1.54, 1.807) is 16.8 Å². The number of ether oxygens (including phenoxy) is 1. The Morgan fingerprint density at radius 1 is 1.03 bits per heavy atom. The Bertz CT molecular complexity index is 1210. The fraction of sp³-hybridized carbons (Fsp3) is 0.227. The Kier molecular flexibility index (Phi) is 5.53. The number of hydrogen-bond acceptors (Lipinski definition) is 6. The second-order valence-corrected chi connectivity index (χ2v) is 8.20. The fourth-order valence-corrected chi connectivity index (χ4v) is 4.08. The predicted octanol–water partition coefficient (Wildman–Crippen LogP) is 5.30. The summed E-state index contributed by atoms with van der Waals surface area (Å²) in [6.07, 6.45) is 5.54. The number of halogens is 2. The van der Waals surface area contributed by atoms with Gasteiger partial charge in [0.2, 0.25) is 5.95 Å². The molecular formula is C22H20Cl2N6O. The van der Waals surface area contributed by atoms with Crippen LogP contribution in [0.5, 0.6) is 11.5 Å². The lowest BCUT2D eigenvalue weighted by Crippen LogP contribution is -2.39. The lowest BCUT2D eigenvalue weighted by molar-refractivity contribution is 0.484. The molecule has 9 heteroatoms. The molecule has 4 heterocycles. The molecule has 158 valence electrons. The molecule has 1 aliphatic heterocycles. The van der Waals surface area contributed by atoms with Crippen molar-refractivity contribution >= 4 is 40.5 Å². The van der Waals surface area contributed by atoms with Crippen LogP contribution in [0.3, 0.4) is 0 Å². The van der Waals surface area contributed by atoms with Crippen LogP contribution in [0.4, 0.5) is 11.6 Å². The van der Waals surface area contributed by atoms with E-state index in [1.807, 2.05) is 48.7 Å². The van der Waals surface area contributed by atoms with Gasteiger partial charge in [0.1, 0.15) is 10.9 Å². The van der Waals surface area contributed by atoms with Crippen molar-refractivity contribution in [3.8, 4) is 11.5 Å². The van der Waals surface area contributed by atoms with Gasteiger partial charge >= 0.3 is 0 Å². The summed E-state index contributed by atoms with van der Waals surface area (Å²) in [6, 6.07) is 15.2. The fourth-order valence-electron chi connectivity index (χ4n) is 3.73. The van der Waals surface area contributed by atoms with Crippen LogP contribution in [0.1, 0.15) is 12.8 Å². The Hall–Kier alpha value is -3.03. The zero-order chi connectivity index (χ0) is 21.2. The van der Waals surface area contributed by atoms with E-state index in [9.17, 15) is 0 Å². The van der Waals surface area contributed by atoms with Gasteiger partial charge in [-0.1, -0.05) is 29.3 Å². The highest BCUT2D eigenvalue weighted by Crippen LogP contribution is 2.28. The summed E-state index contributed by atoms with van der Waals surface area (Å²) in [7, 11) is 0. The first-order chi connectivity index (χ1) is 15.1. The number of pyridine rings is 2. The van der Waals surface area contributed by atoms with E-state index in [1.165, 1.54) is 0 Å². The van der Waals surface area contributed by atoms with Gasteiger partial charge in [0.05, 0.1) is 0 Å². The zero-order valence-corrected chi connectivity index (χ0v) is 18.1. The largest absolute Gasteiger partial charge is 0.453 e. The van der Waals surface area contributed by atoms with Crippen molar-refractivity contribution in [2.24, 2.45) is 0 Å². The predicted molar refractivity (Wildman–Crippen MR) is 123 cm³/mol. The Labute approximate surface area is 189 Å². The molecule has 1 saturated heterocycles. The molecule has 1 N–H and O–H groups in total. The first-order valence-corrected chi connectivity index (χ1v) is 10.8. The van der Waals surface area contributed by atoms with Crippen LogP contribution in [0.2, 0.25) is 10.2 Å². The first-order valence-electron chi connectivity index (χ1n) is 10.1. The quantitative estimate of drug-likeness (QED) is 0.412. The van der Waals surface area contributed by atoms with Gasteiger partial charge in [-0.3, -0.25) is 0 Å². The van der Waals surface area contributed by atoms with Crippen molar-refractivity contribution in [1.82, 2.24) is 19.6 Å². The van der Waals surface area contributed by atoms with Crippen LogP contribution in [0.25, 0.3) is 5.65 Å². The minimum Gasteiger partial charge on any atom is -0.453 e. The van der Waals surface area contributed by atoms with E-state index >= 15 is 0 Å². The minimum absolute atomic E-state index is 0.295. The topological polar surface area (TPSA) is 67.6 Å². The molecule has 0 radical (unpaired) electrons. The van der Waals surface area contributed by atoms with Crippen molar-refractivity contribution in [2.75, 3.05) is 23.3 Å². The average Bonchev–Trinajstić information content (AvgIpc) is 3.18. The number of anilines is 2. The standard InChI is InChI=1S/C22H20Cl2N6O/c23-15-3-1-4-18(13-15)31-19-5-2-10-30-21(19)27-22(28-30)26-16-7-11-29(12-8-16)17-6-9-25-20(24)14-17/h1-6,9-10,13-14,16H,7-8,11-12H2,(H,26,28). The highest BCUT2D eigenvalue weighted by molar-refractivity contribution is 6.30. The molecule has 1 fully saturated rings. The summed E-state index contributed by atoms with van der Waals surface area (Å²) in [6.45, 7) is 1.85. The summed E-state index contributed by atoms with van der Waals surface area (Å²) < 4.78 is 7.71. The number of nitrogens with one attached hydrogen (secondary N) is 1. The molecule has 7 nitrogen and oxygen atoms in total. The third-order valence-corrected chi connectivity index (χ3v) is 5.70. The molecule has 5 rings (SSSR count). The van der Waals surface area contributed by atoms with Gasteiger partial charge in [-0.2, -0.15) is 4.98 Å². The SMILES string of the molecule is Clc1cccc(Oc2cccn3nc(NC4CCN(c5ccnc(Cl)c5)CC4)nc23)c1. The van der Waals surface area contributed by atoms with Gasteiger partial charge in [-0.25, -0.2) is 9.50 Å². The summed E-state index contributed by atoms with van der Waals surface area (Å²) in [5, 5.41) is 9.17. The summed E-state index contributed by atoms with van der Waals surface area (Å²) >= 11 is 12.1. The Morgan fingerprint density at radius 2 is 1.90 bits per heavy atom. The van der Waals surface area contributed by atoms with Crippen molar-refractivity contribution in [3.05, 3.63) is 71.1 Å². The van der Waals surface area contributed by atoms with E-state index in [0.717, 1.165) is 31.6 Å². The van der Waals surface area contributed by atoms with Crippen LogP contribution < -0.4 is 15.0 Å². The van der Waals surface area contributed by atoms with Crippen LogP contribution >= 0.6 is 23.2 Å². The van der Waals surface area contributed by atoms with Crippen LogP contribution in [-0.2, 0) is 0 Å². The summed E-state index contributed by atoms with van der Waals surface area (Å²) in [5.41, 5.74) is 1.75. The van der Waals surface area contributed by atoms with Crippen LogP contribution in [0.15, 0.2) is 60.9 Å². The molecule has 0 unspecified atom stereocenters. The normalized spacial score (nSPS) is 14.7. The smallest absolute Gasteiger partial charge is 0.243 e. The highest BCUT2D eigenvalue weighted by Gasteiger charge is 2.21. The monoisotopic (exact) mass is 454 g/mol. The molecule has 4 aromatic rings. The lowest BCUT2D eigenvalue weighted by atomic mass is 10.0. The van der Waals surface area contributed by atoms with Gasteiger partial charge in [0, 0.05) is 42.2 Å². The summed E-state index contributed by atoms with van der Waals surface area (Å²) in [4.78, 5) is 11.0. The molecule has 0 saturated carbocycles. The number of rotatable bonds is 5. The third-order valence-electron chi connectivity index (χ3n) is 5.25. The molecule has 0 bridgehead atoms. The number of nitrogens with zero attached hydrogens (tertiary/aromatic N) is 5. The van der Waals surface area contributed by atoms with Crippen LogP contribution in [0, 0.1) is 0 Å². The molecule has 0 amide bonds. The zero-order valence-electron chi connectivity index (χ0n) is 16.6. The van der Waals surface area contributed by atoms with Crippen molar-refractivity contribution in [2.45, 2.75) is 18.9 Å². The van der Waals surface area contributed by atoms with Gasteiger partial charge in [0.15, 0.2) is 11.4 Å². The van der Waals surface area contributed by atoms with Crippen LogP contribution in [-0.4, -0.2) is 38.7 Å². The minimum atomic E-state index is 0.295. The van der Waals surface area contributed by atoms with Gasteiger partial charge in [0.25, 0.3) is 0 Å². The molecule has 0 atom stereocenters. The molecule has 0 spiro atoms. The maximum Gasteiger partial charge on any atom is 0.243 e. The molecule has 1 aromatic carbocycles. The number of fused-ring (bicyclic) bond motifs is 1. The average molecular weight is 455 g/mol. The van der Waals surface area contributed by atoms with Gasteiger partial charge in [-0.15, -0.1) is 5.10 Å². The van der Waals surface area contributed by atoms with E-state index in [4.69, 9.17) is 27.9 Å². The second-order valence-electron chi connectivity index (χ2n) is 7.38. The maximum absolute atomic E-state index is 6.06. The van der Waals surface area contributed by atoms with Gasteiger partial charge in [-0.05, 0) is 55.3 Å². The lowest BCUT2D eigenvalue weighted by Gasteiger charge is -2.33. The molecule has 31 heavy (non-hydrogen) atoms. The Balaban J connectivity index is 1.27. The van der Waals surface area contributed by atoms with Gasteiger partial charge < -0.3 is 15.0 Å². The first kappa shape index (κ1) is 19.9. The van der Waals surface area contributed by atoms with Crippen molar-refractivity contribution < 1.29 is 4.74 Å². The van der Waals surface area contributed by atoms with Crippen molar-refractivity contribution in [1.29, 1.82) is 0 Å². The van der Waals surface area contributed by atoms with Crippen molar-refractivity contribution in [3.63, 3.8) is 0 Å². The second kappa shape index (κ2) is 8.61. The number of piperidine rings is 1. The Morgan fingerprint density at radius 3 is 2.71 bits per heavy atom. The van der Waals surface area contributed by atoms with E-state index < -0.39 is 0 Å². The molecule has 3 aromatic heterocycles. The summed E-state index contributed by atoms with van der Waals surface area (Å²) in [5.74, 6) is 1.86. The van der Waals surface area contributed by atoms with E-state index in [-0.39, 0.29) is 0 Å². The molecule has 0 aliphatic carbocycles. The number of benzene rings is 1. The van der Waals surface area contributed by atoms with E-state index in [0.29, 0.717) is 39.3 Å². The maximum atomic E-state index is 6.06. The molecule has 1 aliphatic rings. The molecular weight excluding hydrogens is 435 g/mol. The van der Waals surface area contributed by atoms with E-state index in [2.05, 4.69) is 25.3 Å².